The Morgan fingerprint density at radius 1 is 1.82 bits per heavy atom. The van der Waals surface area contributed by atoms with E-state index >= 15 is 0 Å². The molecule has 0 spiro atoms. The van der Waals surface area contributed by atoms with Crippen molar-refractivity contribution in [3.8, 4) is 6.07 Å². The van der Waals surface area contributed by atoms with Crippen LogP contribution in [0.1, 0.15) is 13.3 Å². The van der Waals surface area contributed by atoms with Crippen LogP contribution in [0, 0.1) is 11.3 Å². The topological polar surface area (TPSA) is 81.3 Å². The van der Waals surface area contributed by atoms with Gasteiger partial charge in [0, 0.05) is 0 Å². The molecule has 1 atom stereocenters. The molecule has 0 heterocycles. The first-order valence-electron chi connectivity index (χ1n) is 3.09. The van der Waals surface area contributed by atoms with Gasteiger partial charge < -0.3 is 10.2 Å². The van der Waals surface area contributed by atoms with Crippen LogP contribution in [-0.2, 0) is 4.79 Å². The summed E-state index contributed by atoms with van der Waals surface area (Å²) < 4.78 is 0. The Kier molecular flexibility index (Phi) is 3.93. The van der Waals surface area contributed by atoms with E-state index in [2.05, 4.69) is 0 Å². The molecule has 0 aromatic heterocycles. The lowest BCUT2D eigenvalue weighted by atomic mass is 10.2. The maximum atomic E-state index is 10.2. The van der Waals surface area contributed by atoms with Crippen molar-refractivity contribution in [2.24, 2.45) is 0 Å². The van der Waals surface area contributed by atoms with E-state index in [0.717, 1.165) is 0 Å². The third-order valence-corrected chi connectivity index (χ3v) is 1.01. The van der Waals surface area contributed by atoms with Crippen molar-refractivity contribution in [1.29, 1.82) is 5.26 Å². The third-order valence-electron chi connectivity index (χ3n) is 1.01. The van der Waals surface area contributed by atoms with E-state index in [1.54, 1.807) is 0 Å². The number of aliphatic hydroxyl groups excluding tert-OH is 1. The summed E-state index contributed by atoms with van der Waals surface area (Å²) in [5.41, 5.74) is -0.328. The number of aliphatic carboxylic acids is 1. The molecule has 0 aliphatic carbocycles. The first-order chi connectivity index (χ1) is 5.07. The van der Waals surface area contributed by atoms with E-state index in [9.17, 15) is 4.79 Å². The van der Waals surface area contributed by atoms with Crippen LogP contribution >= 0.6 is 0 Å². The zero-order chi connectivity index (χ0) is 8.85. The van der Waals surface area contributed by atoms with Gasteiger partial charge in [0.25, 0.3) is 0 Å². The highest BCUT2D eigenvalue weighted by atomic mass is 16.4. The number of carbonyl (C=O) groups is 1. The summed E-state index contributed by atoms with van der Waals surface area (Å²) in [5.74, 6) is -1.26. The SMILES string of the molecule is CC(O)CC=C(C#N)C(=O)O. The molecule has 0 saturated carbocycles. The minimum absolute atomic E-state index is 0.190. The van der Waals surface area contributed by atoms with E-state index in [1.165, 1.54) is 19.1 Å². The molecule has 2 N–H and O–H groups in total. The van der Waals surface area contributed by atoms with Crippen LogP contribution in [0.2, 0.25) is 0 Å². The van der Waals surface area contributed by atoms with Crippen molar-refractivity contribution in [3.05, 3.63) is 11.6 Å². The van der Waals surface area contributed by atoms with Gasteiger partial charge >= 0.3 is 5.97 Å². The first-order valence-corrected chi connectivity index (χ1v) is 3.09. The second-order valence-electron chi connectivity index (χ2n) is 2.12. The molecule has 60 valence electrons. The monoisotopic (exact) mass is 155 g/mol. The number of aliphatic hydroxyl groups is 1. The lowest BCUT2D eigenvalue weighted by Gasteiger charge is -1.96. The van der Waals surface area contributed by atoms with Gasteiger partial charge in [-0.25, -0.2) is 4.79 Å². The van der Waals surface area contributed by atoms with Crippen molar-refractivity contribution in [2.45, 2.75) is 19.4 Å². The van der Waals surface area contributed by atoms with Crippen LogP contribution < -0.4 is 0 Å². The van der Waals surface area contributed by atoms with Gasteiger partial charge in [0.05, 0.1) is 6.10 Å². The van der Waals surface area contributed by atoms with Crippen LogP contribution in [0.5, 0.6) is 0 Å². The zero-order valence-electron chi connectivity index (χ0n) is 6.11. The van der Waals surface area contributed by atoms with Crippen LogP contribution in [0.4, 0.5) is 0 Å². The molecule has 0 rings (SSSR count). The molecule has 4 heteroatoms. The van der Waals surface area contributed by atoms with Gasteiger partial charge in [-0.3, -0.25) is 0 Å². The highest BCUT2D eigenvalue weighted by molar-refractivity contribution is 5.90. The van der Waals surface area contributed by atoms with Crippen LogP contribution in [0.25, 0.3) is 0 Å². The minimum atomic E-state index is -1.26. The normalized spacial score (nSPS) is 13.7. The lowest BCUT2D eigenvalue weighted by molar-refractivity contribution is -0.132. The number of hydrogen-bond donors (Lipinski definition) is 2. The number of hydrogen-bond acceptors (Lipinski definition) is 3. The molecular formula is C7H9NO3. The average molecular weight is 155 g/mol. The van der Waals surface area contributed by atoms with Crippen molar-refractivity contribution >= 4 is 5.97 Å². The van der Waals surface area contributed by atoms with Gasteiger partial charge in [-0.15, -0.1) is 0 Å². The summed E-state index contributed by atoms with van der Waals surface area (Å²) in [6.07, 6.45) is 0.778. The number of carboxylic acid groups (broad SMARTS) is 1. The van der Waals surface area contributed by atoms with E-state index in [-0.39, 0.29) is 12.0 Å². The van der Waals surface area contributed by atoms with Gasteiger partial charge in [0.1, 0.15) is 11.6 Å². The molecule has 11 heavy (non-hydrogen) atoms. The molecule has 1 unspecified atom stereocenters. The Hall–Kier alpha value is -1.34. The van der Waals surface area contributed by atoms with Crippen molar-refractivity contribution in [1.82, 2.24) is 0 Å². The number of nitrogens with zero attached hydrogens (tertiary/aromatic N) is 1. The molecule has 0 aromatic rings. The predicted molar refractivity (Wildman–Crippen MR) is 37.6 cm³/mol. The summed E-state index contributed by atoms with van der Waals surface area (Å²) in [7, 11) is 0. The molecule has 0 amide bonds. The van der Waals surface area contributed by atoms with Crippen molar-refractivity contribution in [2.75, 3.05) is 0 Å². The van der Waals surface area contributed by atoms with E-state index in [1.807, 2.05) is 0 Å². The molecule has 4 nitrogen and oxygen atoms in total. The fraction of sp³-hybridized carbons (Fsp3) is 0.429. The lowest BCUT2D eigenvalue weighted by Crippen LogP contribution is -2.01. The van der Waals surface area contributed by atoms with Gasteiger partial charge in [-0.1, -0.05) is 6.08 Å². The van der Waals surface area contributed by atoms with E-state index in [4.69, 9.17) is 15.5 Å². The van der Waals surface area contributed by atoms with Crippen molar-refractivity contribution in [3.63, 3.8) is 0 Å². The zero-order valence-corrected chi connectivity index (χ0v) is 6.11. The van der Waals surface area contributed by atoms with Crippen LogP contribution in [-0.4, -0.2) is 22.3 Å². The Morgan fingerprint density at radius 3 is 2.64 bits per heavy atom. The Labute approximate surface area is 64.4 Å². The fourth-order valence-electron chi connectivity index (χ4n) is 0.469. The smallest absolute Gasteiger partial charge is 0.346 e. The molecule has 0 fully saturated rings. The molecule has 0 aromatic carbocycles. The molecule has 0 aliphatic rings. The molecule has 0 bridgehead atoms. The van der Waals surface area contributed by atoms with Gasteiger partial charge in [-0.2, -0.15) is 5.26 Å². The largest absolute Gasteiger partial charge is 0.477 e. The van der Waals surface area contributed by atoms with Gasteiger partial charge in [0.15, 0.2) is 0 Å². The Morgan fingerprint density at radius 2 is 2.36 bits per heavy atom. The quantitative estimate of drug-likeness (QED) is 0.453. The van der Waals surface area contributed by atoms with Gasteiger partial charge in [-0.05, 0) is 13.3 Å². The second kappa shape index (κ2) is 4.47. The average Bonchev–Trinajstić information content (AvgIpc) is 1.87. The Balaban J connectivity index is 4.17. The highest BCUT2D eigenvalue weighted by Gasteiger charge is 2.04. The summed E-state index contributed by atoms with van der Waals surface area (Å²) >= 11 is 0. The number of rotatable bonds is 3. The minimum Gasteiger partial charge on any atom is -0.477 e. The van der Waals surface area contributed by atoms with E-state index in [0.29, 0.717) is 0 Å². The molecule has 0 radical (unpaired) electrons. The molecule has 0 aliphatic heterocycles. The molecule has 0 saturated heterocycles. The maximum absolute atomic E-state index is 10.2. The predicted octanol–water partition coefficient (Wildman–Crippen LogP) is 0.292. The molecular weight excluding hydrogens is 146 g/mol. The summed E-state index contributed by atoms with van der Waals surface area (Å²) in [5, 5.41) is 25.3. The number of carboxylic acids is 1. The fourth-order valence-corrected chi connectivity index (χ4v) is 0.469. The van der Waals surface area contributed by atoms with Crippen LogP contribution in [0.15, 0.2) is 11.6 Å². The van der Waals surface area contributed by atoms with E-state index < -0.39 is 12.1 Å². The first kappa shape index (κ1) is 9.66. The highest BCUT2D eigenvalue weighted by Crippen LogP contribution is 1.98. The van der Waals surface area contributed by atoms with Gasteiger partial charge in [0.2, 0.25) is 0 Å². The maximum Gasteiger partial charge on any atom is 0.346 e. The van der Waals surface area contributed by atoms with Crippen LogP contribution in [0.3, 0.4) is 0 Å². The Bertz CT molecular complexity index is 212. The second-order valence-corrected chi connectivity index (χ2v) is 2.12. The summed E-state index contributed by atoms with van der Waals surface area (Å²) in [4.78, 5) is 10.2. The standard InChI is InChI=1S/C7H9NO3/c1-5(9)2-3-6(4-8)7(10)11/h3,5,9H,2H2,1H3,(H,10,11). The number of nitriles is 1. The summed E-state index contributed by atoms with van der Waals surface area (Å²) in [6, 6.07) is 1.51. The van der Waals surface area contributed by atoms with Crippen molar-refractivity contribution < 1.29 is 15.0 Å². The third kappa shape index (κ3) is 4.12. The summed E-state index contributed by atoms with van der Waals surface area (Å²) in [6.45, 7) is 1.52.